The molecule has 1 amide bonds. The Bertz CT molecular complexity index is 1030. The van der Waals surface area contributed by atoms with Crippen LogP contribution in [-0.4, -0.2) is 34.9 Å². The molecule has 4 nitrogen and oxygen atoms in total. The molecule has 0 rings (SSSR count). The van der Waals surface area contributed by atoms with Crippen LogP contribution in [-0.2, 0) is 4.79 Å². The van der Waals surface area contributed by atoms with E-state index >= 15 is 0 Å². The zero-order chi connectivity index (χ0) is 52.7. The van der Waals surface area contributed by atoms with Crippen LogP contribution >= 0.6 is 0 Å². The van der Waals surface area contributed by atoms with Crippen molar-refractivity contribution in [2.45, 2.75) is 418 Å². The number of carbonyl (C=O) groups is 1. The zero-order valence-corrected chi connectivity index (χ0v) is 50.5. The van der Waals surface area contributed by atoms with Crippen LogP contribution in [0.15, 0.2) is 12.2 Å². The summed E-state index contributed by atoms with van der Waals surface area (Å²) in [6.45, 7) is 4.37. The second-order valence-electron chi connectivity index (χ2n) is 24.0. The normalized spacial score (nSPS) is 12.7. The fourth-order valence-electron chi connectivity index (χ4n) is 11.3. The third-order valence-electron chi connectivity index (χ3n) is 16.5. The van der Waals surface area contributed by atoms with Gasteiger partial charge in [0.25, 0.3) is 0 Å². The first-order chi connectivity index (χ1) is 36.2. The first kappa shape index (κ1) is 72.1. The summed E-state index contributed by atoms with van der Waals surface area (Å²) in [5.74, 6) is -0.0531. The average molecular weight is 1030 g/mol. The molecule has 0 radical (unpaired) electrons. The van der Waals surface area contributed by atoms with Crippen LogP contribution in [0.1, 0.15) is 406 Å². The maximum absolute atomic E-state index is 12.5. The molecular formula is C69H137NO3. The number of aliphatic hydroxyl groups is 2. The smallest absolute Gasteiger partial charge is 0.220 e. The van der Waals surface area contributed by atoms with Gasteiger partial charge in [-0.15, -0.1) is 0 Å². The summed E-state index contributed by atoms with van der Waals surface area (Å²) in [5, 5.41) is 23.3. The molecule has 4 heteroatoms. The largest absolute Gasteiger partial charge is 0.394 e. The first-order valence-corrected chi connectivity index (χ1v) is 34.4. The van der Waals surface area contributed by atoms with E-state index in [1.165, 1.54) is 360 Å². The van der Waals surface area contributed by atoms with E-state index in [4.69, 9.17) is 0 Å². The Morgan fingerprint density at radius 2 is 0.507 bits per heavy atom. The van der Waals surface area contributed by atoms with Gasteiger partial charge < -0.3 is 15.5 Å². The van der Waals surface area contributed by atoms with Crippen LogP contribution in [0.25, 0.3) is 0 Å². The number of allylic oxidation sites excluding steroid dienone is 1. The summed E-state index contributed by atoms with van der Waals surface area (Å²) in [6.07, 6.45) is 87.3. The van der Waals surface area contributed by atoms with Crippen LogP contribution in [0.3, 0.4) is 0 Å². The fourth-order valence-corrected chi connectivity index (χ4v) is 11.3. The van der Waals surface area contributed by atoms with E-state index in [-0.39, 0.29) is 12.5 Å². The Morgan fingerprint density at radius 1 is 0.315 bits per heavy atom. The fraction of sp³-hybridized carbons (Fsp3) is 0.957. The lowest BCUT2D eigenvalue weighted by Crippen LogP contribution is -2.45. The van der Waals surface area contributed by atoms with Gasteiger partial charge in [0, 0.05) is 6.42 Å². The molecule has 0 aromatic heterocycles. The number of hydrogen-bond acceptors (Lipinski definition) is 3. The Morgan fingerprint density at radius 3 is 0.712 bits per heavy atom. The summed E-state index contributed by atoms with van der Waals surface area (Å²) in [4.78, 5) is 12.5. The van der Waals surface area contributed by atoms with Gasteiger partial charge >= 0.3 is 0 Å². The van der Waals surface area contributed by atoms with E-state index in [1.54, 1.807) is 6.08 Å². The number of amides is 1. The van der Waals surface area contributed by atoms with Crippen LogP contribution in [0, 0.1) is 0 Å². The van der Waals surface area contributed by atoms with Crippen molar-refractivity contribution in [1.82, 2.24) is 5.32 Å². The molecule has 73 heavy (non-hydrogen) atoms. The van der Waals surface area contributed by atoms with Crippen molar-refractivity contribution < 1.29 is 15.0 Å². The van der Waals surface area contributed by atoms with Crippen LogP contribution in [0.4, 0.5) is 0 Å². The topological polar surface area (TPSA) is 69.6 Å². The molecule has 0 aliphatic heterocycles. The summed E-state index contributed by atoms with van der Waals surface area (Å²) >= 11 is 0. The van der Waals surface area contributed by atoms with Gasteiger partial charge in [-0.25, -0.2) is 0 Å². The highest BCUT2D eigenvalue weighted by atomic mass is 16.3. The summed E-state index contributed by atoms with van der Waals surface area (Å²) < 4.78 is 0. The zero-order valence-electron chi connectivity index (χ0n) is 50.5. The van der Waals surface area contributed by atoms with E-state index in [0.29, 0.717) is 6.42 Å². The van der Waals surface area contributed by atoms with Crippen LogP contribution in [0.2, 0.25) is 0 Å². The predicted molar refractivity (Wildman–Crippen MR) is 327 cm³/mol. The van der Waals surface area contributed by atoms with Gasteiger partial charge in [0.15, 0.2) is 0 Å². The Hall–Kier alpha value is -0.870. The Labute approximate surface area is 460 Å². The molecule has 3 N–H and O–H groups in total. The maximum atomic E-state index is 12.5. The number of carbonyl (C=O) groups excluding carboxylic acids is 1. The SMILES string of the molecule is CCCCCCCCCCCCCCCCCCCCCCCCCCCC/C=C/C(O)C(CO)NC(=O)CCCCCCCCCCCCCCCCCCCCCCCCCCCCCCCCCCC. The lowest BCUT2D eigenvalue weighted by Gasteiger charge is -2.20. The minimum Gasteiger partial charge on any atom is -0.394 e. The van der Waals surface area contributed by atoms with Crippen molar-refractivity contribution in [2.24, 2.45) is 0 Å². The van der Waals surface area contributed by atoms with E-state index < -0.39 is 12.1 Å². The molecule has 0 aliphatic carbocycles. The summed E-state index contributed by atoms with van der Waals surface area (Å²) in [7, 11) is 0. The average Bonchev–Trinajstić information content (AvgIpc) is 3.40. The molecule has 0 fully saturated rings. The van der Waals surface area contributed by atoms with Gasteiger partial charge in [0.05, 0.1) is 18.8 Å². The molecule has 0 bridgehead atoms. The van der Waals surface area contributed by atoms with Gasteiger partial charge in [-0.3, -0.25) is 4.79 Å². The highest BCUT2D eigenvalue weighted by molar-refractivity contribution is 5.76. The number of nitrogens with one attached hydrogen (secondary N) is 1. The monoisotopic (exact) mass is 1030 g/mol. The van der Waals surface area contributed by atoms with Crippen molar-refractivity contribution in [3.63, 3.8) is 0 Å². The van der Waals surface area contributed by atoms with Gasteiger partial charge in [-0.05, 0) is 19.3 Å². The molecule has 0 saturated carbocycles. The molecule has 0 spiro atoms. The highest BCUT2D eigenvalue weighted by Crippen LogP contribution is 2.20. The predicted octanol–water partition coefficient (Wildman–Crippen LogP) is 23.2. The molecule has 0 aromatic rings. The van der Waals surface area contributed by atoms with E-state index in [0.717, 1.165) is 25.7 Å². The Kier molecular flexibility index (Phi) is 64.6. The molecule has 0 aromatic carbocycles. The standard InChI is InChI=1S/C69H137NO3/c1-3-5-7-9-11-13-15-17-19-21-23-25-27-29-31-33-34-35-36-37-39-41-43-45-47-49-51-53-55-57-59-61-63-65-69(73)70-67(66-71)68(72)64-62-60-58-56-54-52-50-48-46-44-42-40-38-32-30-28-26-24-22-20-18-16-14-12-10-8-6-4-2/h62,64,67-68,71-72H,3-61,63,65-66H2,1-2H3,(H,70,73)/b64-62+. The minimum atomic E-state index is -0.837. The lowest BCUT2D eigenvalue weighted by molar-refractivity contribution is -0.123. The Balaban J connectivity index is 3.39. The van der Waals surface area contributed by atoms with Gasteiger partial charge in [0.2, 0.25) is 5.91 Å². The number of aliphatic hydroxyl groups excluding tert-OH is 2. The molecule has 0 heterocycles. The van der Waals surface area contributed by atoms with Gasteiger partial charge in [-0.2, -0.15) is 0 Å². The van der Waals surface area contributed by atoms with E-state index in [2.05, 4.69) is 19.2 Å². The molecule has 0 saturated heterocycles. The number of hydrogen-bond donors (Lipinski definition) is 3. The summed E-state index contributed by atoms with van der Waals surface area (Å²) in [6, 6.07) is -0.620. The number of rotatable bonds is 65. The second kappa shape index (κ2) is 65.4. The van der Waals surface area contributed by atoms with Gasteiger partial charge in [0.1, 0.15) is 0 Å². The van der Waals surface area contributed by atoms with Crippen molar-refractivity contribution in [3.05, 3.63) is 12.2 Å². The lowest BCUT2D eigenvalue weighted by atomic mass is 10.0. The van der Waals surface area contributed by atoms with Gasteiger partial charge in [-0.1, -0.05) is 392 Å². The van der Waals surface area contributed by atoms with Crippen LogP contribution < -0.4 is 5.32 Å². The van der Waals surface area contributed by atoms with Crippen molar-refractivity contribution in [2.75, 3.05) is 6.61 Å². The van der Waals surface area contributed by atoms with E-state index in [9.17, 15) is 15.0 Å². The third-order valence-corrected chi connectivity index (χ3v) is 16.5. The van der Waals surface area contributed by atoms with Crippen LogP contribution in [0.5, 0.6) is 0 Å². The van der Waals surface area contributed by atoms with E-state index in [1.807, 2.05) is 6.08 Å². The molecule has 436 valence electrons. The second-order valence-corrected chi connectivity index (χ2v) is 24.0. The minimum absolute atomic E-state index is 0.0531. The quantitative estimate of drug-likeness (QED) is 0.0420. The van der Waals surface area contributed by atoms with Crippen molar-refractivity contribution >= 4 is 5.91 Å². The molecular weight excluding hydrogens is 891 g/mol. The molecule has 2 atom stereocenters. The third kappa shape index (κ3) is 61.9. The first-order valence-electron chi connectivity index (χ1n) is 34.4. The molecule has 0 aliphatic rings. The molecule has 2 unspecified atom stereocenters. The van der Waals surface area contributed by atoms with Crippen molar-refractivity contribution in [3.8, 4) is 0 Å². The highest BCUT2D eigenvalue weighted by Gasteiger charge is 2.18. The van der Waals surface area contributed by atoms with Crippen molar-refractivity contribution in [1.29, 1.82) is 0 Å². The number of unbranched alkanes of at least 4 members (excludes halogenated alkanes) is 58. The maximum Gasteiger partial charge on any atom is 0.220 e. The summed E-state index contributed by atoms with van der Waals surface area (Å²) in [5.41, 5.74) is 0.